The zero-order valence-electron chi connectivity index (χ0n) is 11.4. The summed E-state index contributed by atoms with van der Waals surface area (Å²) in [4.78, 5) is 14.1. The van der Waals surface area contributed by atoms with E-state index in [9.17, 15) is 4.39 Å². The Labute approximate surface area is 130 Å². The van der Waals surface area contributed by atoms with Gasteiger partial charge in [0.2, 0.25) is 0 Å². The van der Waals surface area contributed by atoms with Crippen LogP contribution in [0.2, 0.25) is 0 Å². The van der Waals surface area contributed by atoms with E-state index in [0.29, 0.717) is 0 Å². The Bertz CT molecular complexity index is 947. The smallest absolute Gasteiger partial charge is 0.123 e. The van der Waals surface area contributed by atoms with Crippen LogP contribution in [0.25, 0.3) is 32.7 Å². The summed E-state index contributed by atoms with van der Waals surface area (Å²) in [6, 6.07) is 12.4. The molecule has 0 atom stereocenters. The van der Waals surface area contributed by atoms with Gasteiger partial charge in [0.1, 0.15) is 5.82 Å². The summed E-state index contributed by atoms with van der Waals surface area (Å²) in [6.07, 6.45) is 3.36. The summed E-state index contributed by atoms with van der Waals surface area (Å²) in [5.74, 6) is -0.249. The van der Waals surface area contributed by atoms with Crippen LogP contribution in [0, 0.1) is 5.82 Å². The zero-order chi connectivity index (χ0) is 14.9. The fourth-order valence-corrected chi connectivity index (χ4v) is 3.18. The van der Waals surface area contributed by atoms with Gasteiger partial charge in [-0.05, 0) is 42.0 Å². The van der Waals surface area contributed by atoms with Crippen molar-refractivity contribution in [2.24, 2.45) is 0 Å². The van der Waals surface area contributed by atoms with Crippen LogP contribution in [0.15, 0.2) is 60.4 Å². The molecule has 4 rings (SSSR count). The predicted octanol–water partition coefficient (Wildman–Crippen LogP) is 4.56. The molecule has 22 heavy (non-hydrogen) atoms. The molecule has 5 heteroatoms. The van der Waals surface area contributed by atoms with Crippen LogP contribution in [-0.4, -0.2) is 15.0 Å². The van der Waals surface area contributed by atoms with Crippen molar-refractivity contribution in [3.05, 3.63) is 66.2 Å². The molecule has 0 fully saturated rings. The van der Waals surface area contributed by atoms with Crippen LogP contribution in [0.5, 0.6) is 0 Å². The molecule has 106 valence electrons. The summed E-state index contributed by atoms with van der Waals surface area (Å²) < 4.78 is 13.1. The highest BCUT2D eigenvalue weighted by molar-refractivity contribution is 7.13. The van der Waals surface area contributed by atoms with E-state index in [1.165, 1.54) is 12.1 Å². The maximum atomic E-state index is 13.1. The molecule has 2 heterocycles. The van der Waals surface area contributed by atoms with Gasteiger partial charge in [0.05, 0.1) is 27.1 Å². The van der Waals surface area contributed by atoms with E-state index in [0.717, 1.165) is 32.7 Å². The van der Waals surface area contributed by atoms with Crippen molar-refractivity contribution in [1.82, 2.24) is 15.0 Å². The Kier molecular flexibility index (Phi) is 3.12. The first-order valence-electron chi connectivity index (χ1n) is 6.72. The Hall–Kier alpha value is -2.66. The lowest BCUT2D eigenvalue weighted by Crippen LogP contribution is -1.85. The van der Waals surface area contributed by atoms with Crippen molar-refractivity contribution in [3.8, 4) is 21.7 Å². The molecule has 0 unspecified atom stereocenters. The molecule has 0 radical (unpaired) electrons. The number of hydrogen-bond acceptors (Lipinski definition) is 4. The van der Waals surface area contributed by atoms with Gasteiger partial charge in [-0.2, -0.15) is 0 Å². The maximum Gasteiger partial charge on any atom is 0.123 e. The molecule has 0 N–H and O–H groups in total. The lowest BCUT2D eigenvalue weighted by atomic mass is 10.1. The molecule has 0 aliphatic carbocycles. The van der Waals surface area contributed by atoms with Crippen LogP contribution in [0.3, 0.4) is 0 Å². The van der Waals surface area contributed by atoms with Gasteiger partial charge in [0.15, 0.2) is 0 Å². The number of thiazole rings is 1. The minimum absolute atomic E-state index is 0.249. The van der Waals surface area contributed by atoms with E-state index in [2.05, 4.69) is 15.0 Å². The summed E-state index contributed by atoms with van der Waals surface area (Å²) in [6.45, 7) is 0. The molecule has 0 amide bonds. The van der Waals surface area contributed by atoms with Crippen LogP contribution in [0.1, 0.15) is 0 Å². The van der Waals surface area contributed by atoms with Crippen molar-refractivity contribution >= 4 is 22.4 Å². The molecule has 3 nitrogen and oxygen atoms in total. The topological polar surface area (TPSA) is 38.7 Å². The van der Waals surface area contributed by atoms with E-state index in [1.54, 1.807) is 41.4 Å². The molecular weight excluding hydrogens is 297 g/mol. The van der Waals surface area contributed by atoms with Crippen LogP contribution in [0.4, 0.5) is 4.39 Å². The molecule has 2 aromatic heterocycles. The van der Waals surface area contributed by atoms with Crippen molar-refractivity contribution in [2.45, 2.75) is 0 Å². The standard InChI is InChI=1S/C17H10FN3S/c18-13-4-1-11(2-5-13)16-17(22-10-21-16)12-3-6-14-15(9-12)20-8-7-19-14/h1-10H. The summed E-state index contributed by atoms with van der Waals surface area (Å²) >= 11 is 1.56. The van der Waals surface area contributed by atoms with E-state index in [4.69, 9.17) is 0 Å². The highest BCUT2D eigenvalue weighted by Crippen LogP contribution is 2.35. The minimum atomic E-state index is -0.249. The highest BCUT2D eigenvalue weighted by atomic mass is 32.1. The third-order valence-corrected chi connectivity index (χ3v) is 4.29. The lowest BCUT2D eigenvalue weighted by molar-refractivity contribution is 0.628. The summed E-state index contributed by atoms with van der Waals surface area (Å²) in [5, 5.41) is 0. The number of hydrogen-bond donors (Lipinski definition) is 0. The second kappa shape index (κ2) is 5.27. The minimum Gasteiger partial charge on any atom is -0.253 e. The molecule has 0 saturated carbocycles. The first-order valence-corrected chi connectivity index (χ1v) is 7.60. The highest BCUT2D eigenvalue weighted by Gasteiger charge is 2.12. The lowest BCUT2D eigenvalue weighted by Gasteiger charge is -2.04. The van der Waals surface area contributed by atoms with Gasteiger partial charge in [-0.3, -0.25) is 9.97 Å². The monoisotopic (exact) mass is 307 g/mol. The number of fused-ring (bicyclic) bond motifs is 1. The van der Waals surface area contributed by atoms with Gasteiger partial charge in [0.25, 0.3) is 0 Å². The van der Waals surface area contributed by atoms with E-state index in [-0.39, 0.29) is 5.82 Å². The number of halogens is 1. The molecule has 0 saturated heterocycles. The SMILES string of the molecule is Fc1ccc(-c2ncsc2-c2ccc3nccnc3c2)cc1. The maximum absolute atomic E-state index is 13.1. The Morgan fingerprint density at radius 2 is 1.50 bits per heavy atom. The summed E-state index contributed by atoms with van der Waals surface area (Å²) in [5.41, 5.74) is 6.30. The second-order valence-corrected chi connectivity index (χ2v) is 5.65. The molecule has 4 aromatic rings. The quantitative estimate of drug-likeness (QED) is 0.545. The molecular formula is C17H10FN3S. The van der Waals surface area contributed by atoms with Gasteiger partial charge < -0.3 is 0 Å². The van der Waals surface area contributed by atoms with Crippen molar-refractivity contribution in [1.29, 1.82) is 0 Å². The molecule has 2 aromatic carbocycles. The van der Waals surface area contributed by atoms with Crippen molar-refractivity contribution < 1.29 is 4.39 Å². The van der Waals surface area contributed by atoms with Crippen LogP contribution >= 0.6 is 11.3 Å². The van der Waals surface area contributed by atoms with E-state index >= 15 is 0 Å². The van der Waals surface area contributed by atoms with Gasteiger partial charge in [-0.25, -0.2) is 9.37 Å². The Morgan fingerprint density at radius 3 is 2.32 bits per heavy atom. The number of aromatic nitrogens is 3. The number of benzene rings is 2. The number of nitrogens with zero attached hydrogens (tertiary/aromatic N) is 3. The fourth-order valence-electron chi connectivity index (χ4n) is 2.37. The second-order valence-electron chi connectivity index (χ2n) is 4.80. The third kappa shape index (κ3) is 2.25. The molecule has 0 spiro atoms. The normalized spacial score (nSPS) is 11.0. The summed E-state index contributed by atoms with van der Waals surface area (Å²) in [7, 11) is 0. The predicted molar refractivity (Wildman–Crippen MR) is 86.0 cm³/mol. The van der Waals surface area contributed by atoms with Gasteiger partial charge in [-0.1, -0.05) is 6.07 Å². The first-order chi connectivity index (χ1) is 10.8. The molecule has 0 bridgehead atoms. The van der Waals surface area contributed by atoms with E-state index < -0.39 is 0 Å². The molecule has 0 aliphatic heterocycles. The van der Waals surface area contributed by atoms with Crippen molar-refractivity contribution in [3.63, 3.8) is 0 Å². The van der Waals surface area contributed by atoms with Crippen LogP contribution in [-0.2, 0) is 0 Å². The third-order valence-electron chi connectivity index (χ3n) is 3.42. The average molecular weight is 307 g/mol. The molecule has 0 aliphatic rings. The average Bonchev–Trinajstić information content (AvgIpc) is 3.05. The zero-order valence-corrected chi connectivity index (χ0v) is 12.2. The fraction of sp³-hybridized carbons (Fsp3) is 0. The number of rotatable bonds is 2. The van der Waals surface area contributed by atoms with Gasteiger partial charge >= 0.3 is 0 Å². The first kappa shape index (κ1) is 13.0. The Balaban J connectivity index is 1.85. The Morgan fingerprint density at radius 1 is 0.773 bits per heavy atom. The van der Waals surface area contributed by atoms with Gasteiger partial charge in [0, 0.05) is 18.0 Å². The van der Waals surface area contributed by atoms with Crippen molar-refractivity contribution in [2.75, 3.05) is 0 Å². The largest absolute Gasteiger partial charge is 0.253 e. The van der Waals surface area contributed by atoms with E-state index in [1.807, 2.05) is 18.2 Å². The van der Waals surface area contributed by atoms with Crippen LogP contribution < -0.4 is 0 Å². The van der Waals surface area contributed by atoms with Gasteiger partial charge in [-0.15, -0.1) is 11.3 Å².